The first-order chi connectivity index (χ1) is 6.15. The first-order valence-corrected chi connectivity index (χ1v) is 5.05. The van der Waals surface area contributed by atoms with Crippen LogP contribution >= 0.6 is 15.9 Å². The summed E-state index contributed by atoms with van der Waals surface area (Å²) in [5.41, 5.74) is 1.09. The van der Waals surface area contributed by atoms with Gasteiger partial charge in [-0.05, 0) is 31.7 Å². The average molecular weight is 244 g/mol. The largest absolute Gasteiger partial charge is 0.391 e. The van der Waals surface area contributed by atoms with Gasteiger partial charge in [0.15, 0.2) is 0 Å². The van der Waals surface area contributed by atoms with Crippen molar-refractivity contribution in [2.45, 2.75) is 19.1 Å². The highest BCUT2D eigenvalue weighted by Crippen LogP contribution is 2.20. The van der Waals surface area contributed by atoms with Gasteiger partial charge in [0.2, 0.25) is 0 Å². The van der Waals surface area contributed by atoms with E-state index in [-0.39, 0.29) is 12.1 Å². The maximum Gasteiger partial charge on any atom is 0.0706 e. The van der Waals surface area contributed by atoms with Gasteiger partial charge in [0, 0.05) is 4.47 Å². The number of aliphatic hydroxyl groups excluding tert-OH is 1. The zero-order valence-corrected chi connectivity index (χ0v) is 9.38. The number of benzene rings is 1. The number of nitrogens with one attached hydrogen (secondary N) is 1. The highest BCUT2D eigenvalue weighted by Gasteiger charge is 2.14. The fraction of sp³-hybridized carbons (Fsp3) is 0.400. The van der Waals surface area contributed by atoms with Gasteiger partial charge in [0.05, 0.1) is 12.1 Å². The molecular formula is C10H14BrNO. The Hall–Kier alpha value is -0.380. The summed E-state index contributed by atoms with van der Waals surface area (Å²) in [4.78, 5) is 0. The van der Waals surface area contributed by atoms with Gasteiger partial charge in [-0.15, -0.1) is 0 Å². The summed E-state index contributed by atoms with van der Waals surface area (Å²) >= 11 is 3.40. The van der Waals surface area contributed by atoms with Crippen molar-refractivity contribution in [1.29, 1.82) is 0 Å². The lowest BCUT2D eigenvalue weighted by atomic mass is 10.0. The molecule has 3 heteroatoms. The first-order valence-electron chi connectivity index (χ1n) is 4.26. The quantitative estimate of drug-likeness (QED) is 0.853. The lowest BCUT2D eigenvalue weighted by Gasteiger charge is -2.19. The summed E-state index contributed by atoms with van der Waals surface area (Å²) in [5, 5.41) is 12.6. The van der Waals surface area contributed by atoms with Crippen LogP contribution < -0.4 is 5.32 Å². The molecule has 0 fully saturated rings. The van der Waals surface area contributed by atoms with Gasteiger partial charge < -0.3 is 10.4 Å². The minimum atomic E-state index is -0.390. The molecule has 0 spiro atoms. The van der Waals surface area contributed by atoms with E-state index in [0.717, 1.165) is 10.0 Å². The van der Waals surface area contributed by atoms with E-state index < -0.39 is 0 Å². The van der Waals surface area contributed by atoms with Crippen LogP contribution in [0.3, 0.4) is 0 Å². The van der Waals surface area contributed by atoms with Crippen LogP contribution in [0.25, 0.3) is 0 Å². The highest BCUT2D eigenvalue weighted by atomic mass is 79.9. The van der Waals surface area contributed by atoms with Crippen molar-refractivity contribution >= 4 is 15.9 Å². The predicted octanol–water partition coefficient (Wildman–Crippen LogP) is 2.09. The number of hydrogen-bond donors (Lipinski definition) is 2. The summed E-state index contributed by atoms with van der Waals surface area (Å²) in [6, 6.07) is 7.94. The van der Waals surface area contributed by atoms with E-state index >= 15 is 0 Å². The summed E-state index contributed by atoms with van der Waals surface area (Å²) in [7, 11) is 1.85. The summed E-state index contributed by atoms with van der Waals surface area (Å²) in [6.45, 7) is 1.78. The maximum atomic E-state index is 9.48. The Labute approximate surface area is 87.1 Å². The Morgan fingerprint density at radius 1 is 1.46 bits per heavy atom. The van der Waals surface area contributed by atoms with E-state index in [9.17, 15) is 5.11 Å². The number of halogens is 1. The standard InChI is InChI=1S/C10H14BrNO/c1-7(13)10(12-2)8-4-3-5-9(11)6-8/h3-7,10,12-13H,1-2H3. The van der Waals surface area contributed by atoms with Crippen LogP contribution in [0.5, 0.6) is 0 Å². The van der Waals surface area contributed by atoms with Gasteiger partial charge in [0.25, 0.3) is 0 Å². The van der Waals surface area contributed by atoms with E-state index in [1.807, 2.05) is 31.3 Å². The molecule has 2 N–H and O–H groups in total. The minimum Gasteiger partial charge on any atom is -0.391 e. The SMILES string of the molecule is CNC(c1cccc(Br)c1)C(C)O. The number of likely N-dealkylation sites (N-methyl/N-ethyl adjacent to an activating group) is 1. The smallest absolute Gasteiger partial charge is 0.0706 e. The zero-order chi connectivity index (χ0) is 9.84. The van der Waals surface area contributed by atoms with Crippen LogP contribution in [0.4, 0.5) is 0 Å². The Kier molecular flexibility index (Phi) is 3.90. The van der Waals surface area contributed by atoms with E-state index in [1.165, 1.54) is 0 Å². The number of hydrogen-bond acceptors (Lipinski definition) is 2. The third kappa shape index (κ3) is 2.79. The molecule has 0 aliphatic carbocycles. The van der Waals surface area contributed by atoms with E-state index in [4.69, 9.17) is 0 Å². The molecule has 13 heavy (non-hydrogen) atoms. The predicted molar refractivity (Wildman–Crippen MR) is 57.6 cm³/mol. The van der Waals surface area contributed by atoms with Gasteiger partial charge in [-0.2, -0.15) is 0 Å². The minimum absolute atomic E-state index is 0.00231. The van der Waals surface area contributed by atoms with Gasteiger partial charge in [0.1, 0.15) is 0 Å². The molecule has 0 heterocycles. The van der Waals surface area contributed by atoms with Crippen LogP contribution in [0.15, 0.2) is 28.7 Å². The summed E-state index contributed by atoms with van der Waals surface area (Å²) in [6.07, 6.45) is -0.390. The maximum absolute atomic E-state index is 9.48. The second kappa shape index (κ2) is 4.74. The number of aliphatic hydroxyl groups is 1. The molecule has 0 aromatic heterocycles. The van der Waals surface area contributed by atoms with Crippen LogP contribution in [0.1, 0.15) is 18.5 Å². The van der Waals surface area contributed by atoms with Crippen molar-refractivity contribution < 1.29 is 5.11 Å². The highest BCUT2D eigenvalue weighted by molar-refractivity contribution is 9.10. The van der Waals surface area contributed by atoms with Gasteiger partial charge in [-0.1, -0.05) is 28.1 Å². The first kappa shape index (κ1) is 10.7. The molecule has 72 valence electrons. The molecular weight excluding hydrogens is 230 g/mol. The molecule has 1 rings (SSSR count). The Balaban J connectivity index is 2.91. The van der Waals surface area contributed by atoms with Gasteiger partial charge in [-0.3, -0.25) is 0 Å². The van der Waals surface area contributed by atoms with Crippen molar-refractivity contribution in [3.8, 4) is 0 Å². The fourth-order valence-electron chi connectivity index (χ4n) is 1.39. The average Bonchev–Trinajstić information content (AvgIpc) is 2.04. The summed E-state index contributed by atoms with van der Waals surface area (Å²) < 4.78 is 1.03. The molecule has 2 unspecified atom stereocenters. The molecule has 1 aromatic rings. The number of rotatable bonds is 3. The molecule has 0 saturated heterocycles. The second-order valence-electron chi connectivity index (χ2n) is 3.06. The molecule has 0 aliphatic rings. The second-order valence-corrected chi connectivity index (χ2v) is 3.98. The molecule has 2 nitrogen and oxygen atoms in total. The van der Waals surface area contributed by atoms with Gasteiger partial charge >= 0.3 is 0 Å². The van der Waals surface area contributed by atoms with E-state index in [0.29, 0.717) is 0 Å². The van der Waals surface area contributed by atoms with Crippen molar-refractivity contribution in [3.05, 3.63) is 34.3 Å². The van der Waals surface area contributed by atoms with Gasteiger partial charge in [-0.25, -0.2) is 0 Å². The Morgan fingerprint density at radius 2 is 2.15 bits per heavy atom. The van der Waals surface area contributed by atoms with Crippen LogP contribution in [0.2, 0.25) is 0 Å². The Morgan fingerprint density at radius 3 is 2.62 bits per heavy atom. The van der Waals surface area contributed by atoms with E-state index in [2.05, 4.69) is 21.2 Å². The molecule has 0 saturated carbocycles. The normalized spacial score (nSPS) is 15.4. The van der Waals surface area contributed by atoms with Crippen molar-refractivity contribution in [2.75, 3.05) is 7.05 Å². The summed E-state index contributed by atoms with van der Waals surface area (Å²) in [5.74, 6) is 0. The molecule has 2 atom stereocenters. The Bertz CT molecular complexity index is 275. The molecule has 0 bridgehead atoms. The van der Waals surface area contributed by atoms with Crippen LogP contribution in [-0.2, 0) is 0 Å². The van der Waals surface area contributed by atoms with Crippen LogP contribution in [0, 0.1) is 0 Å². The van der Waals surface area contributed by atoms with Crippen molar-refractivity contribution in [2.24, 2.45) is 0 Å². The van der Waals surface area contributed by atoms with Crippen molar-refractivity contribution in [3.63, 3.8) is 0 Å². The monoisotopic (exact) mass is 243 g/mol. The third-order valence-electron chi connectivity index (χ3n) is 2.00. The molecule has 0 aliphatic heterocycles. The lowest BCUT2D eigenvalue weighted by molar-refractivity contribution is 0.150. The topological polar surface area (TPSA) is 32.3 Å². The van der Waals surface area contributed by atoms with Crippen molar-refractivity contribution in [1.82, 2.24) is 5.32 Å². The lowest BCUT2D eigenvalue weighted by Crippen LogP contribution is -2.26. The third-order valence-corrected chi connectivity index (χ3v) is 2.49. The molecule has 0 amide bonds. The fourth-order valence-corrected chi connectivity index (χ4v) is 1.80. The zero-order valence-electron chi connectivity index (χ0n) is 7.79. The van der Waals surface area contributed by atoms with Crippen LogP contribution in [-0.4, -0.2) is 18.3 Å². The van der Waals surface area contributed by atoms with E-state index in [1.54, 1.807) is 6.92 Å². The molecule has 1 aromatic carbocycles. The molecule has 0 radical (unpaired) electrons.